The lowest BCUT2D eigenvalue weighted by molar-refractivity contribution is 0.798. The molecule has 0 fully saturated rings. The molecular weight excluding hydrogens is 266 g/mol. The summed E-state index contributed by atoms with van der Waals surface area (Å²) >= 11 is 7.83. The Balaban J connectivity index is 2.40. The average Bonchev–Trinajstić information content (AvgIpc) is 2.74. The van der Waals surface area contributed by atoms with Crippen molar-refractivity contribution in [1.29, 1.82) is 0 Å². The van der Waals surface area contributed by atoms with Crippen LogP contribution in [-0.2, 0) is 13.0 Å². The largest absolute Gasteiger partial charge is 0.315 e. The van der Waals surface area contributed by atoms with Crippen LogP contribution < -0.4 is 5.32 Å². The minimum atomic E-state index is 0.658. The maximum absolute atomic E-state index is 6.16. The quantitative estimate of drug-likeness (QED) is 0.911. The van der Waals surface area contributed by atoms with E-state index in [-0.39, 0.29) is 0 Å². The van der Waals surface area contributed by atoms with E-state index in [0.717, 1.165) is 35.8 Å². The number of nitrogens with zero attached hydrogens (tertiary/aromatic N) is 2. The summed E-state index contributed by atoms with van der Waals surface area (Å²) in [7, 11) is 1.95. The van der Waals surface area contributed by atoms with Gasteiger partial charge in [0.2, 0.25) is 0 Å². The Morgan fingerprint density at radius 2 is 2.28 bits per heavy atom. The highest BCUT2D eigenvalue weighted by Crippen LogP contribution is 2.31. The third-order valence-electron chi connectivity index (χ3n) is 2.56. The fraction of sp³-hybridized carbons (Fsp3) is 0.385. The van der Waals surface area contributed by atoms with Gasteiger partial charge in [-0.25, -0.2) is 4.98 Å². The van der Waals surface area contributed by atoms with Crippen LogP contribution in [0.1, 0.15) is 23.9 Å². The molecule has 0 saturated heterocycles. The molecule has 2 rings (SSSR count). The molecule has 0 radical (unpaired) electrons. The fourth-order valence-corrected chi connectivity index (χ4v) is 3.16. The molecule has 0 aliphatic rings. The molecule has 1 N–H and O–H groups in total. The van der Waals surface area contributed by atoms with Crippen molar-refractivity contribution in [3.05, 3.63) is 33.9 Å². The first-order valence-electron chi connectivity index (χ1n) is 6.00. The lowest BCUT2D eigenvalue weighted by Gasteiger charge is -1.98. The van der Waals surface area contributed by atoms with Gasteiger partial charge in [-0.3, -0.25) is 4.98 Å². The predicted molar refractivity (Wildman–Crippen MR) is 77.1 cm³/mol. The van der Waals surface area contributed by atoms with E-state index in [2.05, 4.69) is 22.2 Å². The molecule has 0 aromatic carbocycles. The number of halogens is 1. The maximum Gasteiger partial charge on any atom is 0.143 e. The van der Waals surface area contributed by atoms with Gasteiger partial charge in [0.05, 0.1) is 10.7 Å². The summed E-state index contributed by atoms with van der Waals surface area (Å²) in [4.78, 5) is 10.3. The Hall–Kier alpha value is -0.970. The minimum Gasteiger partial charge on any atom is -0.315 e. The second-order valence-corrected chi connectivity index (χ2v) is 5.49. The molecule has 3 nitrogen and oxygen atoms in total. The third-order valence-corrected chi connectivity index (χ3v) is 3.97. The van der Waals surface area contributed by atoms with Gasteiger partial charge >= 0.3 is 0 Å². The van der Waals surface area contributed by atoms with E-state index in [0.29, 0.717) is 5.02 Å². The molecule has 0 aliphatic heterocycles. The van der Waals surface area contributed by atoms with Crippen molar-refractivity contribution >= 4 is 22.9 Å². The van der Waals surface area contributed by atoms with Gasteiger partial charge in [0.1, 0.15) is 10.7 Å². The number of pyridine rings is 1. The van der Waals surface area contributed by atoms with E-state index < -0.39 is 0 Å². The maximum atomic E-state index is 6.16. The summed E-state index contributed by atoms with van der Waals surface area (Å²) in [6.45, 7) is 3.01. The molecule has 2 aromatic rings. The minimum absolute atomic E-state index is 0.658. The number of hydrogen-bond acceptors (Lipinski definition) is 4. The standard InChI is InChI=1S/C13H16ClN3S/c1-3-5-10-11(8-15-2)18-13(17-10)12-9(14)6-4-7-16-12/h4,6-7,15H,3,5,8H2,1-2H3. The van der Waals surface area contributed by atoms with Crippen molar-refractivity contribution in [2.24, 2.45) is 0 Å². The van der Waals surface area contributed by atoms with Gasteiger partial charge in [0.15, 0.2) is 0 Å². The second-order valence-electron chi connectivity index (χ2n) is 4.00. The van der Waals surface area contributed by atoms with Crippen LogP contribution >= 0.6 is 22.9 Å². The molecular formula is C13H16ClN3S. The molecule has 0 bridgehead atoms. The zero-order valence-corrected chi connectivity index (χ0v) is 12.1. The Morgan fingerprint density at radius 1 is 1.44 bits per heavy atom. The Morgan fingerprint density at radius 3 is 2.94 bits per heavy atom. The van der Waals surface area contributed by atoms with Crippen LogP contribution in [0.5, 0.6) is 0 Å². The van der Waals surface area contributed by atoms with E-state index >= 15 is 0 Å². The number of thiazole rings is 1. The summed E-state index contributed by atoms with van der Waals surface area (Å²) in [6, 6.07) is 3.68. The summed E-state index contributed by atoms with van der Waals surface area (Å²) in [6.07, 6.45) is 3.84. The molecule has 0 saturated carbocycles. The van der Waals surface area contributed by atoms with Crippen molar-refractivity contribution < 1.29 is 0 Å². The van der Waals surface area contributed by atoms with Crippen molar-refractivity contribution in [3.8, 4) is 10.7 Å². The molecule has 2 aromatic heterocycles. The molecule has 0 amide bonds. The predicted octanol–water partition coefficient (Wildman–Crippen LogP) is 3.53. The van der Waals surface area contributed by atoms with E-state index in [4.69, 9.17) is 11.6 Å². The lowest BCUT2D eigenvalue weighted by atomic mass is 10.2. The van der Waals surface area contributed by atoms with Crippen molar-refractivity contribution in [3.63, 3.8) is 0 Å². The second kappa shape index (κ2) is 6.27. The molecule has 0 aliphatic carbocycles. The summed E-state index contributed by atoms with van der Waals surface area (Å²) in [5, 5.41) is 4.75. The SMILES string of the molecule is CCCc1nc(-c2ncccc2Cl)sc1CNC. The van der Waals surface area contributed by atoms with Gasteiger partial charge in [-0.15, -0.1) is 11.3 Å². The zero-order valence-electron chi connectivity index (χ0n) is 10.5. The number of nitrogens with one attached hydrogen (secondary N) is 1. The fourth-order valence-electron chi connectivity index (χ4n) is 1.76. The van der Waals surface area contributed by atoms with E-state index in [1.54, 1.807) is 17.5 Å². The normalized spacial score (nSPS) is 10.8. The zero-order chi connectivity index (χ0) is 13.0. The van der Waals surface area contributed by atoms with Gasteiger partial charge in [0, 0.05) is 17.6 Å². The van der Waals surface area contributed by atoms with Crippen LogP contribution in [0.15, 0.2) is 18.3 Å². The number of aromatic nitrogens is 2. The summed E-state index contributed by atoms with van der Waals surface area (Å²) in [5.41, 5.74) is 1.94. The first-order chi connectivity index (χ1) is 8.76. The Labute approximate surface area is 116 Å². The van der Waals surface area contributed by atoms with Gasteiger partial charge < -0.3 is 5.32 Å². The molecule has 18 heavy (non-hydrogen) atoms. The number of aryl methyl sites for hydroxylation is 1. The molecule has 96 valence electrons. The van der Waals surface area contributed by atoms with Crippen molar-refractivity contribution in [2.45, 2.75) is 26.3 Å². The first-order valence-corrected chi connectivity index (χ1v) is 7.19. The van der Waals surface area contributed by atoms with Crippen molar-refractivity contribution in [1.82, 2.24) is 15.3 Å². The highest BCUT2D eigenvalue weighted by molar-refractivity contribution is 7.15. The van der Waals surface area contributed by atoms with Crippen LogP contribution in [0, 0.1) is 0 Å². The van der Waals surface area contributed by atoms with Crippen LogP contribution in [0.3, 0.4) is 0 Å². The smallest absolute Gasteiger partial charge is 0.143 e. The lowest BCUT2D eigenvalue weighted by Crippen LogP contribution is -2.05. The Bertz CT molecular complexity index is 501. The topological polar surface area (TPSA) is 37.8 Å². The van der Waals surface area contributed by atoms with Crippen molar-refractivity contribution in [2.75, 3.05) is 7.05 Å². The average molecular weight is 282 g/mol. The van der Waals surface area contributed by atoms with E-state index in [1.807, 2.05) is 19.2 Å². The van der Waals surface area contributed by atoms with Gasteiger partial charge in [0.25, 0.3) is 0 Å². The summed E-state index contributed by atoms with van der Waals surface area (Å²) in [5.74, 6) is 0. The van der Waals surface area contributed by atoms with E-state index in [9.17, 15) is 0 Å². The molecule has 0 unspecified atom stereocenters. The highest BCUT2D eigenvalue weighted by atomic mass is 35.5. The van der Waals surface area contributed by atoms with Gasteiger partial charge in [-0.2, -0.15) is 0 Å². The molecule has 5 heteroatoms. The molecule has 2 heterocycles. The molecule has 0 atom stereocenters. The molecule has 0 spiro atoms. The van der Waals surface area contributed by atoms with Crippen LogP contribution in [0.4, 0.5) is 0 Å². The van der Waals surface area contributed by atoms with Crippen LogP contribution in [0.2, 0.25) is 5.02 Å². The van der Waals surface area contributed by atoms with E-state index in [1.165, 1.54) is 4.88 Å². The van der Waals surface area contributed by atoms with Gasteiger partial charge in [-0.05, 0) is 25.6 Å². The monoisotopic (exact) mass is 281 g/mol. The van der Waals surface area contributed by atoms with Gasteiger partial charge in [-0.1, -0.05) is 24.9 Å². The van der Waals surface area contributed by atoms with Crippen LogP contribution in [0.25, 0.3) is 10.7 Å². The third kappa shape index (κ3) is 2.88. The first kappa shape index (κ1) is 13.5. The number of rotatable bonds is 5. The number of hydrogen-bond donors (Lipinski definition) is 1. The Kier molecular flexibility index (Phi) is 4.69. The highest BCUT2D eigenvalue weighted by Gasteiger charge is 2.14. The summed E-state index contributed by atoms with van der Waals surface area (Å²) < 4.78 is 0. The van der Waals surface area contributed by atoms with Crippen LogP contribution in [-0.4, -0.2) is 17.0 Å².